The van der Waals surface area contributed by atoms with Gasteiger partial charge in [0.05, 0.1) is 0 Å². The van der Waals surface area contributed by atoms with Crippen LogP contribution in [0.1, 0.15) is 202 Å². The predicted molar refractivity (Wildman–Crippen MR) is 430 cm³/mol. The van der Waals surface area contributed by atoms with Crippen LogP contribution in [0, 0.1) is 17.8 Å². The second-order valence-corrected chi connectivity index (χ2v) is 112. The Morgan fingerprint density at radius 2 is 0.552 bits per heavy atom. The molecule has 1 aliphatic heterocycles. The van der Waals surface area contributed by atoms with E-state index in [1.807, 2.05) is 112 Å². The van der Waals surface area contributed by atoms with Gasteiger partial charge in [-0.05, 0) is 62.3 Å². The van der Waals surface area contributed by atoms with Crippen molar-refractivity contribution in [1.82, 2.24) is 48.2 Å². The van der Waals surface area contributed by atoms with Gasteiger partial charge in [0.15, 0.2) is 0 Å². The number of carbonyl (C=O) groups excluding carboxylic acids is 9. The third-order valence-corrected chi connectivity index (χ3v) is 191. The van der Waals surface area contributed by atoms with Gasteiger partial charge in [0, 0.05) is 0 Å². The van der Waals surface area contributed by atoms with Gasteiger partial charge in [0.2, 0.25) is 0 Å². The Balaban J connectivity index is 1.70. The zero-order valence-corrected chi connectivity index (χ0v) is 77.1. The van der Waals surface area contributed by atoms with Gasteiger partial charge < -0.3 is 14.2 Å². The number of hydrogen-bond acceptors (Lipinski definition) is 18. The van der Waals surface area contributed by atoms with Gasteiger partial charge in [-0.3, -0.25) is 0 Å². The van der Waals surface area contributed by atoms with Gasteiger partial charge in [-0.2, -0.15) is 0 Å². The molecule has 1 saturated heterocycles. The maximum atomic E-state index is 14.4. The van der Waals surface area contributed by atoms with E-state index in [4.69, 9.17) is 29.5 Å². The van der Waals surface area contributed by atoms with E-state index in [9.17, 15) is 43.2 Å². The van der Waals surface area contributed by atoms with Crippen molar-refractivity contribution in [3.63, 3.8) is 0 Å². The van der Waals surface area contributed by atoms with Crippen LogP contribution < -0.4 is 48.2 Å². The molecular weight excluding hydrogens is 1710 g/mol. The molecule has 0 saturated carbocycles. The normalized spacial score (nSPS) is 16.0. The Morgan fingerprint density at radius 1 is 0.343 bits per heavy atom. The fourth-order valence-electron chi connectivity index (χ4n) is 11.0. The summed E-state index contributed by atoms with van der Waals surface area (Å²) < 4.78 is 15.8. The summed E-state index contributed by atoms with van der Waals surface area (Å²) in [7, 11) is 0. The number of rotatable bonds is 33. The van der Waals surface area contributed by atoms with Crippen LogP contribution in [-0.2, 0) is 62.2 Å². The third-order valence-electron chi connectivity index (χ3n) is 16.0. The summed E-state index contributed by atoms with van der Waals surface area (Å²) in [6.07, 6.45) is 6.72. The molecule has 9 amide bonds. The summed E-state index contributed by atoms with van der Waals surface area (Å²) >= 11 is -8.23. The van der Waals surface area contributed by atoms with Crippen LogP contribution in [0.5, 0.6) is 0 Å². The predicted octanol–water partition coefficient (Wildman–Crippen LogP) is 12.5. The van der Waals surface area contributed by atoms with Crippen LogP contribution in [0.25, 0.3) is 0 Å². The zero-order valence-electron chi connectivity index (χ0n) is 66.1. The van der Waals surface area contributed by atoms with Crippen molar-refractivity contribution in [3.05, 3.63) is 108 Å². The van der Waals surface area contributed by atoms with Crippen LogP contribution >= 0.6 is 18.4 Å². The Kier molecular flexibility index (Phi) is 36.4. The Labute approximate surface area is 648 Å². The number of amides is 9. The van der Waals surface area contributed by atoms with Crippen LogP contribution in [0.15, 0.2) is 106 Å². The first kappa shape index (κ1) is 92.1. The molecule has 0 unspecified atom stereocenters. The van der Waals surface area contributed by atoms with E-state index in [0.717, 1.165) is 16.7 Å². The van der Waals surface area contributed by atoms with Crippen molar-refractivity contribution in [2.24, 2.45) is 33.1 Å². The molecule has 9 N–H and O–H groups in total. The van der Waals surface area contributed by atoms with E-state index in [0.29, 0.717) is 36.4 Å². The van der Waals surface area contributed by atoms with Crippen LogP contribution in [-0.4, -0.2) is 175 Å². The number of alkyl carbamates (subject to hydrolysis) is 3. The SMILES string of the molecule is C/C(C[C](C)(C)[Sn]1[S][Sn]([C](C)(C)C/C(C)=N/NC(=O)[C@H](Cc2ccccc2)NC(=O)[C@@H](NC(=O)OC(C)(C)C)C(C)C)[S][Sn]([C](C)(C)C/C(C)=N/NC(=O)[C@H](Cc2ccccc2)NC(=O)[C@@H](NC(=O)OC(C)(C)C)C(C)C)[S]1)=N/NC(=O)[C@H](Cc1ccccc1)NC(=O)[C@@H](NC(=O)OC(C)(C)C)C(C)C. The molecule has 24 nitrogen and oxygen atoms in total. The van der Waals surface area contributed by atoms with Gasteiger partial charge >= 0.3 is 547 Å². The number of hydrazone groups is 3. The third kappa shape index (κ3) is 33.6. The molecule has 3 aromatic rings. The van der Waals surface area contributed by atoms with E-state index in [1.165, 1.54) is 0 Å². The first-order chi connectivity index (χ1) is 48.5. The van der Waals surface area contributed by atoms with Gasteiger partial charge in [0.25, 0.3) is 0 Å². The zero-order chi connectivity index (χ0) is 79.2. The number of hydrogen-bond donors (Lipinski definition) is 9. The summed E-state index contributed by atoms with van der Waals surface area (Å²) in [6.45, 7) is 46.0. The number of ether oxygens (including phenoxy) is 3. The van der Waals surface area contributed by atoms with Crippen LogP contribution in [0.3, 0.4) is 0 Å². The Bertz CT molecular complexity index is 3150. The van der Waals surface area contributed by atoms with Gasteiger partial charge in [-0.25, -0.2) is 14.4 Å². The monoisotopic (exact) mass is 1830 g/mol. The number of benzene rings is 3. The first-order valence-electron chi connectivity index (χ1n) is 35.7. The molecule has 105 heavy (non-hydrogen) atoms. The Morgan fingerprint density at radius 3 is 0.743 bits per heavy atom. The van der Waals surface area contributed by atoms with Crippen molar-refractivity contribution < 1.29 is 57.4 Å². The number of nitrogens with zero attached hydrogens (tertiary/aromatic N) is 3. The molecule has 3 radical (unpaired) electrons. The van der Waals surface area contributed by atoms with Gasteiger partial charge in [-0.15, -0.1) is 0 Å². The van der Waals surface area contributed by atoms with E-state index < -0.39 is 158 Å². The molecule has 1 aliphatic rings. The van der Waals surface area contributed by atoms with Crippen LogP contribution in [0.4, 0.5) is 14.4 Å². The molecule has 6 atom stereocenters. The fraction of sp³-hybridized carbons (Fsp3) is 0.600. The summed E-state index contributed by atoms with van der Waals surface area (Å²) in [6, 6.07) is 21.9. The summed E-state index contributed by atoms with van der Waals surface area (Å²) in [5, 5.41) is 31.0. The maximum absolute atomic E-state index is 14.4. The van der Waals surface area contributed by atoms with E-state index in [1.54, 1.807) is 104 Å². The van der Waals surface area contributed by atoms with Gasteiger partial charge in [0.1, 0.15) is 16.8 Å². The van der Waals surface area contributed by atoms with Crippen molar-refractivity contribution in [2.75, 3.05) is 0 Å². The van der Waals surface area contributed by atoms with Crippen molar-refractivity contribution in [1.29, 1.82) is 0 Å². The molecule has 4 rings (SSSR count). The van der Waals surface area contributed by atoms with Crippen molar-refractivity contribution >= 4 is 140 Å². The summed E-state index contributed by atoms with van der Waals surface area (Å²) in [5.74, 6) is -4.24. The first-order valence-corrected chi connectivity index (χ1v) is 63.4. The number of nitrogens with one attached hydrogen (secondary N) is 9. The molecular formula is C75H117N12O12S3Sn3. The molecule has 3 aromatic carbocycles. The Hall–Kier alpha value is -5.25. The van der Waals surface area contributed by atoms with Crippen molar-refractivity contribution in [3.8, 4) is 0 Å². The fourth-order valence-corrected chi connectivity index (χ4v) is 421. The second-order valence-electron chi connectivity index (χ2n) is 32.7. The minimum absolute atomic E-state index is 0.157. The number of carbonyl (C=O) groups is 9. The quantitative estimate of drug-likeness (QED) is 0.0118. The molecule has 0 bridgehead atoms. The minimum atomic E-state index is -2.74. The second kappa shape index (κ2) is 41.5. The standard InChI is InChI=1S/3C25H39N4O4.3S.3Sn/c3*1-16(2)14-18(5)28-29-22(30)20(15-19-12-10-9-11-13-19)26-23(31)21(17(3)4)27-24(32)33-25(6,7)8;;;;;;/h3*9-13,17,20-21H,14-15H2,1-8H3,(H,26,31)(H,27,32)(H,29,30);;;;;;/b2*28-18+;28-18-;;;;;;/t3*20-,21-;;;;;;/m000....../s1. The molecule has 1 fully saturated rings. The molecule has 0 spiro atoms. The average Bonchev–Trinajstić information content (AvgIpc) is 0.773. The summed E-state index contributed by atoms with van der Waals surface area (Å²) in [5.41, 5.74) is 10.6. The van der Waals surface area contributed by atoms with E-state index >= 15 is 0 Å². The topological polar surface area (TPSA) is 327 Å². The molecule has 30 heteroatoms. The van der Waals surface area contributed by atoms with Crippen LogP contribution in [0.2, 0.25) is 10.3 Å². The van der Waals surface area contributed by atoms with E-state index in [-0.39, 0.29) is 47.3 Å². The van der Waals surface area contributed by atoms with Gasteiger partial charge in [-0.1, -0.05) is 0 Å². The average molecular weight is 1830 g/mol. The molecule has 579 valence electrons. The summed E-state index contributed by atoms with van der Waals surface area (Å²) in [4.78, 5) is 124. The molecule has 1 heterocycles. The van der Waals surface area contributed by atoms with Crippen molar-refractivity contribution in [2.45, 2.75) is 268 Å². The van der Waals surface area contributed by atoms with E-state index in [2.05, 4.69) is 108 Å². The molecule has 0 aromatic heterocycles. The molecule has 0 aliphatic carbocycles.